The van der Waals surface area contributed by atoms with Gasteiger partial charge in [-0.15, -0.1) is 5.10 Å². The average molecular weight is 382 g/mol. The summed E-state index contributed by atoms with van der Waals surface area (Å²) >= 11 is 0. The highest BCUT2D eigenvalue weighted by atomic mass is 16.4. The number of carbonyl (C=O) groups is 2. The van der Waals surface area contributed by atoms with Crippen LogP contribution in [0.1, 0.15) is 45.0 Å². The molecule has 3 heterocycles. The minimum absolute atomic E-state index is 0.0723. The van der Waals surface area contributed by atoms with Gasteiger partial charge in [-0.05, 0) is 44.2 Å². The van der Waals surface area contributed by atoms with Gasteiger partial charge in [0, 0.05) is 30.6 Å². The van der Waals surface area contributed by atoms with Crippen molar-refractivity contribution >= 4 is 22.8 Å². The molecule has 28 heavy (non-hydrogen) atoms. The van der Waals surface area contributed by atoms with Gasteiger partial charge in [-0.2, -0.15) is 0 Å². The number of aryl methyl sites for hydroxylation is 2. The molecule has 0 aliphatic carbocycles. The van der Waals surface area contributed by atoms with Crippen molar-refractivity contribution in [1.29, 1.82) is 0 Å². The van der Waals surface area contributed by atoms with Gasteiger partial charge in [0.05, 0.1) is 6.20 Å². The van der Waals surface area contributed by atoms with E-state index in [-0.39, 0.29) is 17.5 Å². The van der Waals surface area contributed by atoms with Gasteiger partial charge in [0.15, 0.2) is 11.5 Å². The second-order valence-electron chi connectivity index (χ2n) is 7.45. The van der Waals surface area contributed by atoms with Crippen molar-refractivity contribution in [1.82, 2.24) is 19.9 Å². The molecule has 1 N–H and O–H groups in total. The quantitative estimate of drug-likeness (QED) is 0.744. The average Bonchev–Trinajstić information content (AvgIpc) is 3.26. The first-order valence-electron chi connectivity index (χ1n) is 9.35. The van der Waals surface area contributed by atoms with Gasteiger partial charge in [0.2, 0.25) is 0 Å². The molecule has 8 nitrogen and oxygen atoms in total. The van der Waals surface area contributed by atoms with E-state index in [4.69, 9.17) is 9.52 Å². The second-order valence-corrected chi connectivity index (χ2v) is 7.45. The SMILES string of the molecule is Cc1ccc2c(C)c(C(=O)N3CCC[C@H](Cn4cc(C(=O)O)nn4)C3)oc2c1. The Bertz CT molecular complexity index is 1050. The zero-order valence-electron chi connectivity index (χ0n) is 15.9. The van der Waals surface area contributed by atoms with Gasteiger partial charge < -0.3 is 14.4 Å². The van der Waals surface area contributed by atoms with Crippen LogP contribution in [0.2, 0.25) is 0 Å². The number of likely N-dealkylation sites (tertiary alicyclic amines) is 1. The van der Waals surface area contributed by atoms with Crippen LogP contribution in [0.25, 0.3) is 11.0 Å². The first kappa shape index (κ1) is 18.2. The van der Waals surface area contributed by atoms with Crippen LogP contribution in [0.5, 0.6) is 0 Å². The fraction of sp³-hybridized carbons (Fsp3) is 0.400. The van der Waals surface area contributed by atoms with Gasteiger partial charge in [-0.1, -0.05) is 17.3 Å². The number of rotatable bonds is 4. The Hall–Kier alpha value is -3.16. The van der Waals surface area contributed by atoms with Crippen molar-refractivity contribution in [2.45, 2.75) is 33.2 Å². The minimum Gasteiger partial charge on any atom is -0.476 e. The monoisotopic (exact) mass is 382 g/mol. The second kappa shape index (κ2) is 7.10. The Morgan fingerprint density at radius 3 is 2.89 bits per heavy atom. The molecule has 2 aromatic heterocycles. The van der Waals surface area contributed by atoms with E-state index >= 15 is 0 Å². The molecule has 0 spiro atoms. The molecule has 1 saturated heterocycles. The number of furan rings is 1. The summed E-state index contributed by atoms with van der Waals surface area (Å²) in [5.74, 6) is -0.605. The number of aromatic carboxylic acids is 1. The van der Waals surface area contributed by atoms with Crippen LogP contribution in [0.3, 0.4) is 0 Å². The molecule has 4 rings (SSSR count). The van der Waals surface area contributed by atoms with E-state index in [1.807, 2.05) is 36.9 Å². The number of carboxylic acids is 1. The lowest BCUT2D eigenvalue weighted by atomic mass is 9.97. The van der Waals surface area contributed by atoms with Crippen LogP contribution in [-0.2, 0) is 6.54 Å². The summed E-state index contributed by atoms with van der Waals surface area (Å²) in [5, 5.41) is 17.5. The maximum atomic E-state index is 13.1. The summed E-state index contributed by atoms with van der Waals surface area (Å²) in [4.78, 5) is 25.9. The highest BCUT2D eigenvalue weighted by Gasteiger charge is 2.28. The van der Waals surface area contributed by atoms with Crippen molar-refractivity contribution in [3.63, 3.8) is 0 Å². The number of carbonyl (C=O) groups excluding carboxylic acids is 1. The van der Waals surface area contributed by atoms with E-state index in [9.17, 15) is 9.59 Å². The smallest absolute Gasteiger partial charge is 0.358 e. The van der Waals surface area contributed by atoms with Crippen LogP contribution in [0.15, 0.2) is 28.8 Å². The Balaban J connectivity index is 1.50. The fourth-order valence-electron chi connectivity index (χ4n) is 3.83. The molecule has 1 amide bonds. The molecule has 3 aromatic rings. The summed E-state index contributed by atoms with van der Waals surface area (Å²) in [6.45, 7) is 5.70. The van der Waals surface area contributed by atoms with E-state index in [1.165, 1.54) is 10.9 Å². The standard InChI is InChI=1S/C20H22N4O4/c1-12-5-6-15-13(2)18(28-17(15)8-12)19(25)23-7-3-4-14(9-23)10-24-11-16(20(26)27)21-22-24/h5-6,8,11,14H,3-4,7,9-10H2,1-2H3,(H,26,27)/t14-/m0/s1. The molecule has 0 saturated carbocycles. The summed E-state index contributed by atoms with van der Waals surface area (Å²) in [6.07, 6.45) is 3.26. The summed E-state index contributed by atoms with van der Waals surface area (Å²) in [7, 11) is 0. The number of piperidine rings is 1. The van der Waals surface area contributed by atoms with Crippen LogP contribution in [-0.4, -0.2) is 50.0 Å². The number of nitrogens with zero attached hydrogens (tertiary/aromatic N) is 4. The lowest BCUT2D eigenvalue weighted by molar-refractivity contribution is 0.0628. The first-order chi connectivity index (χ1) is 13.4. The summed E-state index contributed by atoms with van der Waals surface area (Å²) in [5.41, 5.74) is 2.62. The Morgan fingerprint density at radius 2 is 2.14 bits per heavy atom. The molecule has 8 heteroatoms. The number of carboxylic acid groups (broad SMARTS) is 1. The zero-order valence-corrected chi connectivity index (χ0v) is 15.9. The Morgan fingerprint density at radius 1 is 1.32 bits per heavy atom. The molecule has 0 radical (unpaired) electrons. The van der Waals surface area contributed by atoms with Crippen LogP contribution < -0.4 is 0 Å². The van der Waals surface area contributed by atoms with Gasteiger partial charge in [-0.25, -0.2) is 4.79 Å². The first-order valence-corrected chi connectivity index (χ1v) is 9.35. The molecule has 1 atom stereocenters. The number of hydrogen-bond acceptors (Lipinski definition) is 5. The molecular formula is C20H22N4O4. The Kier molecular flexibility index (Phi) is 4.62. The number of fused-ring (bicyclic) bond motifs is 1. The zero-order chi connectivity index (χ0) is 19.8. The van der Waals surface area contributed by atoms with Crippen LogP contribution in [0.4, 0.5) is 0 Å². The highest BCUT2D eigenvalue weighted by Crippen LogP contribution is 2.28. The third-order valence-corrected chi connectivity index (χ3v) is 5.30. The number of aromatic nitrogens is 3. The van der Waals surface area contributed by atoms with E-state index in [1.54, 1.807) is 0 Å². The largest absolute Gasteiger partial charge is 0.476 e. The van der Waals surface area contributed by atoms with Crippen molar-refractivity contribution < 1.29 is 19.1 Å². The number of benzene rings is 1. The van der Waals surface area contributed by atoms with Crippen LogP contribution in [0, 0.1) is 19.8 Å². The maximum Gasteiger partial charge on any atom is 0.358 e. The molecule has 0 unspecified atom stereocenters. The van der Waals surface area contributed by atoms with Crippen molar-refractivity contribution in [2.24, 2.45) is 5.92 Å². The van der Waals surface area contributed by atoms with Gasteiger partial charge >= 0.3 is 5.97 Å². The topological polar surface area (TPSA) is 101 Å². The molecule has 0 bridgehead atoms. The van der Waals surface area contributed by atoms with E-state index < -0.39 is 5.97 Å². The maximum absolute atomic E-state index is 13.1. The molecule has 1 aliphatic heterocycles. The Labute approximate surface area is 161 Å². The van der Waals surface area contributed by atoms with Crippen LogP contribution >= 0.6 is 0 Å². The van der Waals surface area contributed by atoms with Crippen molar-refractivity contribution in [3.8, 4) is 0 Å². The molecule has 1 fully saturated rings. The predicted molar refractivity (Wildman–Crippen MR) is 101 cm³/mol. The van der Waals surface area contributed by atoms with Crippen molar-refractivity contribution in [3.05, 3.63) is 47.0 Å². The lowest BCUT2D eigenvalue weighted by Crippen LogP contribution is -2.41. The third kappa shape index (κ3) is 3.37. The van der Waals surface area contributed by atoms with E-state index in [2.05, 4.69) is 10.3 Å². The normalized spacial score (nSPS) is 17.2. The predicted octanol–water partition coefficient (Wildman–Crippen LogP) is 2.89. The van der Waals surface area contributed by atoms with Gasteiger partial charge in [0.1, 0.15) is 5.58 Å². The molecule has 1 aliphatic rings. The molecule has 1 aromatic carbocycles. The van der Waals surface area contributed by atoms with Gasteiger partial charge in [-0.3, -0.25) is 9.48 Å². The van der Waals surface area contributed by atoms with E-state index in [0.717, 1.165) is 34.9 Å². The summed E-state index contributed by atoms with van der Waals surface area (Å²) in [6, 6.07) is 5.95. The number of hydrogen-bond donors (Lipinski definition) is 1. The summed E-state index contributed by atoms with van der Waals surface area (Å²) < 4.78 is 7.43. The lowest BCUT2D eigenvalue weighted by Gasteiger charge is -2.32. The third-order valence-electron chi connectivity index (χ3n) is 5.30. The minimum atomic E-state index is -1.10. The highest BCUT2D eigenvalue weighted by molar-refractivity contribution is 5.99. The van der Waals surface area contributed by atoms with Gasteiger partial charge in [0.25, 0.3) is 5.91 Å². The molecular weight excluding hydrogens is 360 g/mol. The number of amides is 1. The molecule has 146 valence electrons. The van der Waals surface area contributed by atoms with E-state index in [0.29, 0.717) is 25.4 Å². The fourth-order valence-corrected chi connectivity index (χ4v) is 3.83. The van der Waals surface area contributed by atoms with Crippen molar-refractivity contribution in [2.75, 3.05) is 13.1 Å².